The predicted molar refractivity (Wildman–Crippen MR) is 96.7 cm³/mol. The number of hydrogen-bond donors (Lipinski definition) is 1. The molecule has 1 aliphatic rings. The molecule has 1 saturated heterocycles. The zero-order valence-corrected chi connectivity index (χ0v) is 15.1. The zero-order valence-electron chi connectivity index (χ0n) is 15.1. The first-order valence-electron chi connectivity index (χ1n) is 8.68. The van der Waals surface area contributed by atoms with Gasteiger partial charge in [-0.25, -0.2) is 0 Å². The number of hydrogen-bond acceptors (Lipinski definition) is 3. The molecule has 1 fully saturated rings. The molecule has 7 heteroatoms. The fourth-order valence-electron chi connectivity index (χ4n) is 3.02. The molecular formula is C20H21F3N2O2. The van der Waals surface area contributed by atoms with Crippen LogP contribution in [-0.2, 0) is 11.0 Å². The quantitative estimate of drug-likeness (QED) is 0.849. The molecule has 1 unspecified atom stereocenters. The monoisotopic (exact) mass is 378 g/mol. The van der Waals surface area contributed by atoms with Gasteiger partial charge in [0.2, 0.25) is 5.91 Å². The maximum atomic E-state index is 12.8. The summed E-state index contributed by atoms with van der Waals surface area (Å²) in [6.45, 7) is 4.44. The van der Waals surface area contributed by atoms with Crippen LogP contribution in [0.1, 0.15) is 31.0 Å². The average Bonchev–Trinajstić information content (AvgIpc) is 2.57. The summed E-state index contributed by atoms with van der Waals surface area (Å²) in [6.07, 6.45) is -4.41. The van der Waals surface area contributed by atoms with Crippen molar-refractivity contribution in [2.75, 3.05) is 18.0 Å². The van der Waals surface area contributed by atoms with E-state index in [-0.39, 0.29) is 18.1 Å². The molecule has 1 atom stereocenters. The Kier molecular flexibility index (Phi) is 5.30. The van der Waals surface area contributed by atoms with Gasteiger partial charge in [0.25, 0.3) is 0 Å². The van der Waals surface area contributed by atoms with Crippen molar-refractivity contribution >= 4 is 11.6 Å². The van der Waals surface area contributed by atoms with E-state index in [1.807, 2.05) is 36.1 Å². The second-order valence-corrected chi connectivity index (χ2v) is 6.68. The van der Waals surface area contributed by atoms with Gasteiger partial charge in [0.1, 0.15) is 11.9 Å². The van der Waals surface area contributed by atoms with Crippen molar-refractivity contribution in [1.29, 1.82) is 0 Å². The van der Waals surface area contributed by atoms with Crippen molar-refractivity contribution < 1.29 is 22.7 Å². The standard InChI is InChI=1S/C20H21F3N2O2/c1-13(24-14(2)26)15-6-8-18(9-7-15)27-19-11-25(12-19)17-5-3-4-16(10-17)20(21,22)23/h3-10,13,19H,11-12H2,1-2H3,(H,24,26). The summed E-state index contributed by atoms with van der Waals surface area (Å²) in [5.74, 6) is 0.606. The largest absolute Gasteiger partial charge is 0.487 e. The molecular weight excluding hydrogens is 357 g/mol. The molecule has 1 heterocycles. The summed E-state index contributed by atoms with van der Waals surface area (Å²) in [7, 11) is 0. The lowest BCUT2D eigenvalue weighted by Crippen LogP contribution is -2.54. The zero-order chi connectivity index (χ0) is 19.6. The smallest absolute Gasteiger partial charge is 0.416 e. The van der Waals surface area contributed by atoms with Crippen molar-refractivity contribution in [3.8, 4) is 5.75 Å². The Morgan fingerprint density at radius 2 is 1.85 bits per heavy atom. The van der Waals surface area contributed by atoms with E-state index in [0.717, 1.165) is 17.7 Å². The highest BCUT2D eigenvalue weighted by atomic mass is 19.4. The third-order valence-electron chi connectivity index (χ3n) is 4.49. The average molecular weight is 378 g/mol. The van der Waals surface area contributed by atoms with Crippen LogP contribution in [0.3, 0.4) is 0 Å². The van der Waals surface area contributed by atoms with Gasteiger partial charge in [-0.05, 0) is 42.8 Å². The molecule has 4 nitrogen and oxygen atoms in total. The van der Waals surface area contributed by atoms with Crippen LogP contribution in [0.4, 0.5) is 18.9 Å². The molecule has 2 aromatic carbocycles. The van der Waals surface area contributed by atoms with Gasteiger partial charge in [-0.2, -0.15) is 13.2 Å². The first kappa shape index (κ1) is 19.1. The Morgan fingerprint density at radius 1 is 1.19 bits per heavy atom. The molecule has 1 N–H and O–H groups in total. The molecule has 0 saturated carbocycles. The van der Waals surface area contributed by atoms with E-state index in [1.54, 1.807) is 6.07 Å². The number of rotatable bonds is 5. The van der Waals surface area contributed by atoms with E-state index in [9.17, 15) is 18.0 Å². The minimum absolute atomic E-state index is 0.0711. The summed E-state index contributed by atoms with van der Waals surface area (Å²) in [4.78, 5) is 13.0. The first-order valence-corrected chi connectivity index (χ1v) is 8.68. The molecule has 144 valence electrons. The molecule has 0 bridgehead atoms. The highest BCUT2D eigenvalue weighted by Gasteiger charge is 2.33. The molecule has 0 radical (unpaired) electrons. The van der Waals surface area contributed by atoms with Crippen LogP contribution in [0.2, 0.25) is 0 Å². The molecule has 1 amide bonds. The lowest BCUT2D eigenvalue weighted by Gasteiger charge is -2.40. The van der Waals surface area contributed by atoms with Crippen LogP contribution in [0, 0.1) is 0 Å². The van der Waals surface area contributed by atoms with Crippen LogP contribution < -0.4 is 15.0 Å². The number of anilines is 1. The van der Waals surface area contributed by atoms with E-state index in [0.29, 0.717) is 24.5 Å². The highest BCUT2D eigenvalue weighted by Crippen LogP contribution is 2.33. The lowest BCUT2D eigenvalue weighted by atomic mass is 10.1. The Hall–Kier alpha value is -2.70. The Morgan fingerprint density at radius 3 is 2.44 bits per heavy atom. The molecule has 0 aromatic heterocycles. The van der Waals surface area contributed by atoms with Crippen LogP contribution in [-0.4, -0.2) is 25.1 Å². The van der Waals surface area contributed by atoms with E-state index in [4.69, 9.17) is 4.74 Å². The van der Waals surface area contributed by atoms with Crippen LogP contribution in [0.25, 0.3) is 0 Å². The lowest BCUT2D eigenvalue weighted by molar-refractivity contribution is -0.137. The van der Waals surface area contributed by atoms with Crippen LogP contribution >= 0.6 is 0 Å². The highest BCUT2D eigenvalue weighted by molar-refractivity contribution is 5.73. The molecule has 0 aliphatic carbocycles. The topological polar surface area (TPSA) is 41.6 Å². The first-order chi connectivity index (χ1) is 12.7. The Labute approximate surface area is 155 Å². The third kappa shape index (κ3) is 4.72. The second-order valence-electron chi connectivity index (χ2n) is 6.68. The SMILES string of the molecule is CC(=O)NC(C)c1ccc(OC2CN(c3cccc(C(F)(F)F)c3)C2)cc1. The molecule has 1 aliphatic heterocycles. The number of carbonyl (C=O) groups is 1. The third-order valence-corrected chi connectivity index (χ3v) is 4.49. The predicted octanol–water partition coefficient (Wildman–Crippen LogP) is 4.17. The molecule has 0 spiro atoms. The van der Waals surface area contributed by atoms with Gasteiger partial charge < -0.3 is 15.0 Å². The number of benzene rings is 2. The Bertz CT molecular complexity index is 800. The van der Waals surface area contributed by atoms with Crippen molar-refractivity contribution in [3.63, 3.8) is 0 Å². The summed E-state index contributed by atoms with van der Waals surface area (Å²) in [6, 6.07) is 12.7. The van der Waals surface area contributed by atoms with Gasteiger partial charge in [-0.15, -0.1) is 0 Å². The number of carbonyl (C=O) groups excluding carboxylic acids is 1. The van der Waals surface area contributed by atoms with Crippen molar-refractivity contribution in [1.82, 2.24) is 5.32 Å². The van der Waals surface area contributed by atoms with Gasteiger partial charge in [0.15, 0.2) is 0 Å². The number of alkyl halides is 3. The van der Waals surface area contributed by atoms with Crippen LogP contribution in [0.5, 0.6) is 5.75 Å². The van der Waals surface area contributed by atoms with Gasteiger partial charge in [0.05, 0.1) is 24.7 Å². The normalized spacial score (nSPS) is 15.8. The van der Waals surface area contributed by atoms with Gasteiger partial charge >= 0.3 is 6.18 Å². The number of halogens is 3. The van der Waals surface area contributed by atoms with E-state index in [2.05, 4.69) is 5.32 Å². The number of ether oxygens (including phenoxy) is 1. The second kappa shape index (κ2) is 7.50. The summed E-state index contributed by atoms with van der Waals surface area (Å²) < 4.78 is 44.3. The molecule has 27 heavy (non-hydrogen) atoms. The van der Waals surface area contributed by atoms with Crippen LogP contribution in [0.15, 0.2) is 48.5 Å². The van der Waals surface area contributed by atoms with E-state index in [1.165, 1.54) is 13.0 Å². The maximum absolute atomic E-state index is 12.8. The maximum Gasteiger partial charge on any atom is 0.416 e. The summed E-state index contributed by atoms with van der Waals surface area (Å²) in [5.41, 5.74) is 0.870. The van der Waals surface area contributed by atoms with Gasteiger partial charge in [-0.1, -0.05) is 18.2 Å². The van der Waals surface area contributed by atoms with Crippen molar-refractivity contribution in [2.45, 2.75) is 32.2 Å². The van der Waals surface area contributed by atoms with E-state index < -0.39 is 11.7 Å². The van der Waals surface area contributed by atoms with Gasteiger partial charge in [-0.3, -0.25) is 4.79 Å². The number of nitrogens with zero attached hydrogens (tertiary/aromatic N) is 1. The minimum Gasteiger partial charge on any atom is -0.487 e. The molecule has 3 rings (SSSR count). The molecule has 2 aromatic rings. The van der Waals surface area contributed by atoms with E-state index >= 15 is 0 Å². The fraction of sp³-hybridized carbons (Fsp3) is 0.350. The number of amides is 1. The fourth-order valence-corrected chi connectivity index (χ4v) is 3.02. The van der Waals surface area contributed by atoms with Crippen molar-refractivity contribution in [2.24, 2.45) is 0 Å². The van der Waals surface area contributed by atoms with Crippen molar-refractivity contribution in [3.05, 3.63) is 59.7 Å². The summed E-state index contributed by atoms with van der Waals surface area (Å²) >= 11 is 0. The number of nitrogens with one attached hydrogen (secondary N) is 1. The van der Waals surface area contributed by atoms with Gasteiger partial charge in [0, 0.05) is 12.6 Å². The Balaban J connectivity index is 1.54. The summed E-state index contributed by atoms with van der Waals surface area (Å²) in [5, 5.41) is 2.81. The minimum atomic E-state index is -4.34.